The van der Waals surface area contributed by atoms with Crippen molar-refractivity contribution in [2.45, 2.75) is 45.1 Å². The van der Waals surface area contributed by atoms with Crippen molar-refractivity contribution in [1.82, 2.24) is 15.3 Å². The Morgan fingerprint density at radius 2 is 2.00 bits per heavy atom. The molecular weight excluding hydrogens is 418 g/mol. The number of ether oxygens (including phenoxy) is 1. The number of pyridine rings is 2. The molecule has 0 bridgehead atoms. The Bertz CT molecular complexity index is 947. The summed E-state index contributed by atoms with van der Waals surface area (Å²) in [5.41, 5.74) is 2.09. The molecule has 0 unspecified atom stereocenters. The van der Waals surface area contributed by atoms with E-state index in [4.69, 9.17) is 0 Å². The van der Waals surface area contributed by atoms with Gasteiger partial charge < -0.3 is 10.1 Å². The van der Waals surface area contributed by atoms with Crippen LogP contribution >= 0.6 is 0 Å². The molecule has 2 aromatic heterocycles. The molecule has 1 aliphatic rings. The third-order valence-corrected chi connectivity index (χ3v) is 4.64. The lowest BCUT2D eigenvalue weighted by atomic mass is 10.1. The summed E-state index contributed by atoms with van der Waals surface area (Å²) in [6.45, 7) is 0.347. The van der Waals surface area contributed by atoms with Gasteiger partial charge in [-0.05, 0) is 37.5 Å². The van der Waals surface area contributed by atoms with Gasteiger partial charge >= 0.3 is 12.3 Å². The maximum absolute atomic E-state index is 12.9. The summed E-state index contributed by atoms with van der Waals surface area (Å²) < 4.78 is 54.6. The number of hydrogen-bond acceptors (Lipinski definition) is 5. The highest BCUT2D eigenvalue weighted by atomic mass is 19.3. The number of carbonyl (C=O) groups excluding carboxylic acids is 2. The van der Waals surface area contributed by atoms with Crippen LogP contribution in [0.5, 0.6) is 5.88 Å². The Hall–Kier alpha value is -3.04. The molecule has 1 N–H and O–H groups in total. The molecule has 1 aliphatic carbocycles. The number of halogens is 4. The van der Waals surface area contributed by atoms with E-state index in [1.54, 1.807) is 19.1 Å². The Morgan fingerprint density at radius 3 is 2.61 bits per heavy atom. The number of alkyl halides is 4. The maximum atomic E-state index is 12.9. The Labute approximate surface area is 176 Å². The van der Waals surface area contributed by atoms with Crippen LogP contribution in [0, 0.1) is 12.8 Å². The number of Topliss-reactive ketones (excluding diaryl/α,β-unsaturated/α-hetero) is 1. The highest BCUT2D eigenvalue weighted by Gasteiger charge is 2.41. The van der Waals surface area contributed by atoms with Crippen LogP contribution in [0.1, 0.15) is 40.2 Å². The van der Waals surface area contributed by atoms with Crippen LogP contribution in [0.4, 0.5) is 17.6 Å². The lowest BCUT2D eigenvalue weighted by Gasteiger charge is -2.15. The first-order valence-corrected chi connectivity index (χ1v) is 9.66. The topological polar surface area (TPSA) is 81.2 Å². The standard InChI is InChI=1S/C21H21F4N3O3/c1-12-6-15(7-16(28-12)8-17(29)14-3-4-14)19(30)27-10-13-2-5-18(26-9-13)31-11-21(24,25)20(22)23/h2,5-7,9,14,20H,3-4,8,10-11H2,1H3,(H,27,30). The molecule has 1 fully saturated rings. The van der Waals surface area contributed by atoms with Gasteiger partial charge in [-0.3, -0.25) is 14.6 Å². The van der Waals surface area contributed by atoms with Gasteiger partial charge in [0.05, 0.1) is 0 Å². The van der Waals surface area contributed by atoms with Crippen molar-refractivity contribution in [2.75, 3.05) is 6.61 Å². The minimum Gasteiger partial charge on any atom is -0.471 e. The number of amides is 1. The number of rotatable bonds is 10. The van der Waals surface area contributed by atoms with E-state index in [1.165, 1.54) is 18.3 Å². The van der Waals surface area contributed by atoms with E-state index in [9.17, 15) is 27.2 Å². The quantitative estimate of drug-likeness (QED) is 0.573. The number of nitrogens with zero attached hydrogens (tertiary/aromatic N) is 2. The summed E-state index contributed by atoms with van der Waals surface area (Å²) in [4.78, 5) is 32.6. The predicted molar refractivity (Wildman–Crippen MR) is 102 cm³/mol. The maximum Gasteiger partial charge on any atom is 0.340 e. The molecule has 10 heteroatoms. The highest BCUT2D eigenvalue weighted by molar-refractivity contribution is 5.94. The van der Waals surface area contributed by atoms with Crippen molar-refractivity contribution in [3.8, 4) is 5.88 Å². The smallest absolute Gasteiger partial charge is 0.340 e. The Morgan fingerprint density at radius 1 is 1.26 bits per heavy atom. The van der Waals surface area contributed by atoms with Gasteiger partial charge in [-0.25, -0.2) is 13.8 Å². The van der Waals surface area contributed by atoms with Crippen LogP contribution < -0.4 is 10.1 Å². The first kappa shape index (κ1) is 22.6. The second-order valence-electron chi connectivity index (χ2n) is 7.44. The monoisotopic (exact) mass is 439 g/mol. The van der Waals surface area contributed by atoms with Gasteiger partial charge in [-0.1, -0.05) is 6.07 Å². The SMILES string of the molecule is Cc1cc(C(=O)NCc2ccc(OCC(F)(F)C(F)F)nc2)cc(CC(=O)C2CC2)n1. The Kier molecular flexibility index (Phi) is 6.87. The molecule has 3 rings (SSSR count). The van der Waals surface area contributed by atoms with Crippen LogP contribution in [-0.4, -0.2) is 40.6 Å². The fourth-order valence-corrected chi connectivity index (χ4v) is 2.81. The Balaban J connectivity index is 1.54. The van der Waals surface area contributed by atoms with Crippen molar-refractivity contribution in [2.24, 2.45) is 5.92 Å². The molecule has 2 aromatic rings. The molecular formula is C21H21F4N3O3. The van der Waals surface area contributed by atoms with Gasteiger partial charge in [-0.2, -0.15) is 8.78 Å². The zero-order chi connectivity index (χ0) is 22.6. The van der Waals surface area contributed by atoms with Crippen LogP contribution in [-0.2, 0) is 17.8 Å². The normalized spacial score (nSPS) is 13.9. The molecule has 2 heterocycles. The molecule has 1 amide bonds. The third-order valence-electron chi connectivity index (χ3n) is 4.64. The number of aryl methyl sites for hydroxylation is 1. The number of hydrogen-bond donors (Lipinski definition) is 1. The third kappa shape index (κ3) is 6.47. The zero-order valence-electron chi connectivity index (χ0n) is 16.7. The molecule has 0 aliphatic heterocycles. The highest BCUT2D eigenvalue weighted by Crippen LogP contribution is 2.30. The molecule has 6 nitrogen and oxygen atoms in total. The minimum atomic E-state index is -4.26. The molecule has 0 aromatic carbocycles. The van der Waals surface area contributed by atoms with Gasteiger partial charge in [0.2, 0.25) is 5.88 Å². The molecule has 166 valence electrons. The van der Waals surface area contributed by atoms with Crippen molar-refractivity contribution < 1.29 is 31.9 Å². The largest absolute Gasteiger partial charge is 0.471 e. The summed E-state index contributed by atoms with van der Waals surface area (Å²) in [7, 11) is 0. The van der Waals surface area contributed by atoms with Gasteiger partial charge in [0.25, 0.3) is 5.91 Å². The number of aromatic nitrogens is 2. The average Bonchev–Trinajstić information content (AvgIpc) is 3.56. The van der Waals surface area contributed by atoms with Crippen molar-refractivity contribution in [3.63, 3.8) is 0 Å². The number of ketones is 1. The van der Waals surface area contributed by atoms with E-state index < -0.39 is 19.0 Å². The van der Waals surface area contributed by atoms with Gasteiger partial charge in [0.15, 0.2) is 6.61 Å². The van der Waals surface area contributed by atoms with Crippen molar-refractivity contribution in [1.29, 1.82) is 0 Å². The fourth-order valence-electron chi connectivity index (χ4n) is 2.81. The lowest BCUT2D eigenvalue weighted by Crippen LogP contribution is -2.33. The van der Waals surface area contributed by atoms with E-state index >= 15 is 0 Å². The average molecular weight is 439 g/mol. The van der Waals surface area contributed by atoms with E-state index in [2.05, 4.69) is 20.0 Å². The fraction of sp³-hybridized carbons (Fsp3) is 0.429. The summed E-state index contributed by atoms with van der Waals surface area (Å²) in [6, 6.07) is 5.92. The summed E-state index contributed by atoms with van der Waals surface area (Å²) in [5.74, 6) is -4.63. The molecule has 31 heavy (non-hydrogen) atoms. The second-order valence-corrected chi connectivity index (χ2v) is 7.44. The molecule has 0 spiro atoms. The predicted octanol–water partition coefficient (Wildman–Crippen LogP) is 3.52. The summed E-state index contributed by atoms with van der Waals surface area (Å²) in [5, 5.41) is 2.70. The van der Waals surface area contributed by atoms with E-state index in [-0.39, 0.29) is 36.5 Å². The first-order valence-electron chi connectivity index (χ1n) is 9.66. The van der Waals surface area contributed by atoms with Gasteiger partial charge in [0.1, 0.15) is 5.78 Å². The molecule has 0 saturated heterocycles. The summed E-state index contributed by atoms with van der Waals surface area (Å²) >= 11 is 0. The van der Waals surface area contributed by atoms with Crippen LogP contribution in [0.3, 0.4) is 0 Å². The van der Waals surface area contributed by atoms with Crippen LogP contribution in [0.25, 0.3) is 0 Å². The summed E-state index contributed by atoms with van der Waals surface area (Å²) in [6.07, 6.45) is -0.531. The molecule has 0 radical (unpaired) electrons. The van der Waals surface area contributed by atoms with Gasteiger partial charge in [-0.15, -0.1) is 0 Å². The van der Waals surface area contributed by atoms with Crippen LogP contribution in [0.2, 0.25) is 0 Å². The van der Waals surface area contributed by atoms with Gasteiger partial charge in [0, 0.05) is 48.1 Å². The minimum absolute atomic E-state index is 0.0943. The van der Waals surface area contributed by atoms with E-state index in [0.29, 0.717) is 22.5 Å². The van der Waals surface area contributed by atoms with E-state index in [0.717, 1.165) is 12.8 Å². The first-order chi connectivity index (χ1) is 14.6. The van der Waals surface area contributed by atoms with Crippen molar-refractivity contribution >= 4 is 11.7 Å². The van der Waals surface area contributed by atoms with Crippen molar-refractivity contribution in [3.05, 3.63) is 53.0 Å². The lowest BCUT2D eigenvalue weighted by molar-refractivity contribution is -0.148. The zero-order valence-corrected chi connectivity index (χ0v) is 16.7. The molecule has 1 saturated carbocycles. The number of carbonyl (C=O) groups is 2. The number of nitrogens with one attached hydrogen (secondary N) is 1. The van der Waals surface area contributed by atoms with E-state index in [1.807, 2.05) is 0 Å². The van der Waals surface area contributed by atoms with Crippen LogP contribution in [0.15, 0.2) is 30.5 Å². The second kappa shape index (κ2) is 9.40. The molecule has 0 atom stereocenters.